The maximum atomic E-state index is 12.7. The van der Waals surface area contributed by atoms with E-state index in [1.165, 1.54) is 0 Å². The van der Waals surface area contributed by atoms with E-state index < -0.39 is 47.7 Å². The Morgan fingerprint density at radius 3 is 2.48 bits per heavy atom. The van der Waals surface area contributed by atoms with Crippen LogP contribution in [0.3, 0.4) is 0 Å². The number of hydrogen-bond donors (Lipinski definition) is 1. The van der Waals surface area contributed by atoms with Crippen molar-refractivity contribution in [3.8, 4) is 0 Å². The van der Waals surface area contributed by atoms with Crippen molar-refractivity contribution in [2.45, 2.75) is 109 Å². The number of esters is 1. The summed E-state index contributed by atoms with van der Waals surface area (Å²) in [4.78, 5) is 76.4. The van der Waals surface area contributed by atoms with Crippen molar-refractivity contribution < 1.29 is 52.8 Å². The molecule has 0 aromatic carbocycles. The Labute approximate surface area is 232 Å². The summed E-state index contributed by atoms with van der Waals surface area (Å²) in [6, 6.07) is 0. The predicted molar refractivity (Wildman–Crippen MR) is 132 cm³/mol. The van der Waals surface area contributed by atoms with Gasteiger partial charge in [0.1, 0.15) is 0 Å². The molecular weight excluding hydrogens is 528 g/mol. The molecule has 1 saturated carbocycles. The highest BCUT2D eigenvalue weighted by atomic mass is 17.3. The molecule has 0 aromatic rings. The molecule has 13 heteroatoms. The zero-order chi connectivity index (χ0) is 28.7. The normalized spacial score (nSPS) is 38.4. The van der Waals surface area contributed by atoms with Crippen molar-refractivity contribution in [3.05, 3.63) is 0 Å². The van der Waals surface area contributed by atoms with E-state index in [0.717, 1.165) is 19.3 Å². The van der Waals surface area contributed by atoms with Gasteiger partial charge in [0.25, 0.3) is 11.8 Å². The van der Waals surface area contributed by atoms with E-state index in [4.69, 9.17) is 28.8 Å². The molecule has 1 aliphatic carbocycles. The molecule has 1 N–H and O–H groups in total. The number of fused-ring (bicyclic) bond motifs is 2. The number of carbonyl (C=O) groups excluding carboxylic acids is 5. The SMILES string of the molecule is C[C@@H]1[C@H](OC(=O)CCC(=O)NCCCC(=O)ON2C(=O)CCC2=O)O[C@H]2O[C@@]3(C)CC[C@H]4[C@H](C)CC[C@H]1[C@]24OO3. The van der Waals surface area contributed by atoms with Crippen LogP contribution in [0.15, 0.2) is 0 Å². The first-order valence-electron chi connectivity index (χ1n) is 14.3. The molecular formula is C27H38N2O11. The average molecular weight is 567 g/mol. The zero-order valence-electron chi connectivity index (χ0n) is 23.2. The third-order valence-corrected chi connectivity index (χ3v) is 8.98. The summed E-state index contributed by atoms with van der Waals surface area (Å²) in [5, 5.41) is 3.12. The smallest absolute Gasteiger partial charge is 0.333 e. The van der Waals surface area contributed by atoms with Crippen molar-refractivity contribution in [2.75, 3.05) is 6.54 Å². The number of hydrogen-bond acceptors (Lipinski definition) is 11. The van der Waals surface area contributed by atoms with E-state index >= 15 is 0 Å². The molecule has 5 aliphatic heterocycles. The van der Waals surface area contributed by atoms with E-state index in [9.17, 15) is 24.0 Å². The lowest BCUT2D eigenvalue weighted by Crippen LogP contribution is -2.70. The summed E-state index contributed by atoms with van der Waals surface area (Å²) in [7, 11) is 0. The standard InChI is InChI=1S/C27H38N2O11/c1-15-6-7-18-16(2)24(36-25-27(18)17(15)12-13-26(3,37-25)39-40-27)35-22(33)11-8-19(30)28-14-4-5-23(34)38-29-20(31)9-10-21(29)32/h15-18,24-25H,4-14H2,1-3H3,(H,28,30)/t15-,16+,17+,18-,24-,25+,26-,27+/m1/s1. The first-order valence-corrected chi connectivity index (χ1v) is 14.3. The van der Waals surface area contributed by atoms with Crippen LogP contribution in [0.2, 0.25) is 0 Å². The average Bonchev–Trinajstić information content (AvgIpc) is 3.07. The molecule has 1 spiro atoms. The van der Waals surface area contributed by atoms with Crippen LogP contribution in [0.1, 0.15) is 85.0 Å². The van der Waals surface area contributed by atoms with Crippen molar-refractivity contribution >= 4 is 29.7 Å². The maximum absolute atomic E-state index is 12.7. The summed E-state index contributed by atoms with van der Waals surface area (Å²) in [6.45, 7) is 6.20. The predicted octanol–water partition coefficient (Wildman–Crippen LogP) is 2.02. The van der Waals surface area contributed by atoms with Gasteiger partial charge in [0.15, 0.2) is 11.9 Å². The van der Waals surface area contributed by atoms with Gasteiger partial charge >= 0.3 is 11.9 Å². The minimum Gasteiger partial charge on any atom is -0.435 e. The van der Waals surface area contributed by atoms with Crippen LogP contribution in [-0.4, -0.2) is 65.2 Å². The van der Waals surface area contributed by atoms with Gasteiger partial charge in [0, 0.05) is 50.5 Å². The second-order valence-corrected chi connectivity index (χ2v) is 11.8. The van der Waals surface area contributed by atoms with Gasteiger partial charge in [-0.2, -0.15) is 0 Å². The molecule has 5 heterocycles. The highest BCUT2D eigenvalue weighted by Crippen LogP contribution is 2.60. The van der Waals surface area contributed by atoms with Crippen LogP contribution >= 0.6 is 0 Å². The molecule has 3 amide bonds. The molecule has 2 bridgehead atoms. The van der Waals surface area contributed by atoms with Crippen LogP contribution in [0.25, 0.3) is 0 Å². The van der Waals surface area contributed by atoms with Crippen LogP contribution in [0, 0.1) is 23.7 Å². The fourth-order valence-corrected chi connectivity index (χ4v) is 6.76. The molecule has 6 aliphatic rings. The second-order valence-electron chi connectivity index (χ2n) is 11.8. The van der Waals surface area contributed by atoms with Crippen molar-refractivity contribution in [3.63, 3.8) is 0 Å². The molecule has 8 atom stereocenters. The topological polar surface area (TPSA) is 156 Å². The van der Waals surface area contributed by atoms with E-state index in [2.05, 4.69) is 12.2 Å². The largest absolute Gasteiger partial charge is 0.435 e. The Morgan fingerprint density at radius 2 is 1.73 bits per heavy atom. The molecule has 5 saturated heterocycles. The third-order valence-electron chi connectivity index (χ3n) is 8.98. The molecule has 6 rings (SSSR count). The molecule has 0 unspecified atom stereocenters. The Kier molecular flexibility index (Phi) is 8.20. The Morgan fingerprint density at radius 1 is 0.975 bits per heavy atom. The third kappa shape index (κ3) is 5.48. The van der Waals surface area contributed by atoms with E-state index in [0.29, 0.717) is 17.4 Å². The highest BCUT2D eigenvalue weighted by Gasteiger charge is 2.69. The molecule has 222 valence electrons. The molecule has 13 nitrogen and oxygen atoms in total. The van der Waals surface area contributed by atoms with Crippen molar-refractivity contribution in [1.29, 1.82) is 0 Å². The number of amides is 3. The monoisotopic (exact) mass is 566 g/mol. The van der Waals surface area contributed by atoms with Gasteiger partial charge in [0.05, 0.1) is 6.42 Å². The number of imide groups is 1. The maximum Gasteiger partial charge on any atom is 0.333 e. The number of hydroxylamine groups is 2. The van der Waals surface area contributed by atoms with Gasteiger partial charge in [-0.3, -0.25) is 19.2 Å². The molecule has 40 heavy (non-hydrogen) atoms. The van der Waals surface area contributed by atoms with E-state index in [1.54, 1.807) is 0 Å². The lowest BCUT2D eigenvalue weighted by atomic mass is 9.58. The summed E-state index contributed by atoms with van der Waals surface area (Å²) >= 11 is 0. The Balaban J connectivity index is 1.06. The summed E-state index contributed by atoms with van der Waals surface area (Å²) in [5.74, 6) is -3.21. The number of rotatable bonds is 9. The fourth-order valence-electron chi connectivity index (χ4n) is 6.76. The van der Waals surface area contributed by atoms with Gasteiger partial charge in [0.2, 0.25) is 18.0 Å². The summed E-state index contributed by atoms with van der Waals surface area (Å²) in [6.07, 6.45) is 1.89. The lowest BCUT2D eigenvalue weighted by Gasteiger charge is -2.59. The van der Waals surface area contributed by atoms with E-state index in [-0.39, 0.29) is 68.7 Å². The van der Waals surface area contributed by atoms with Crippen LogP contribution in [0.5, 0.6) is 0 Å². The Bertz CT molecular complexity index is 1040. The van der Waals surface area contributed by atoms with Crippen LogP contribution < -0.4 is 5.32 Å². The minimum atomic E-state index is -0.926. The van der Waals surface area contributed by atoms with Gasteiger partial charge < -0.3 is 24.4 Å². The molecule has 0 aromatic heterocycles. The quantitative estimate of drug-likeness (QED) is 0.188. The van der Waals surface area contributed by atoms with Crippen molar-refractivity contribution in [2.24, 2.45) is 23.7 Å². The first-order chi connectivity index (χ1) is 19.0. The lowest BCUT2D eigenvalue weighted by molar-refractivity contribution is -0.576. The number of ether oxygens (including phenoxy) is 3. The van der Waals surface area contributed by atoms with Gasteiger partial charge in [-0.05, 0) is 44.4 Å². The van der Waals surface area contributed by atoms with Gasteiger partial charge in [-0.1, -0.05) is 13.8 Å². The minimum absolute atomic E-state index is 0.0181. The van der Waals surface area contributed by atoms with Gasteiger partial charge in [-0.25, -0.2) is 14.6 Å². The first kappa shape index (κ1) is 28.9. The Hall–Kier alpha value is -2.61. The number of carbonyl (C=O) groups is 5. The number of nitrogens with zero attached hydrogens (tertiary/aromatic N) is 1. The number of nitrogens with one attached hydrogen (secondary N) is 1. The van der Waals surface area contributed by atoms with E-state index in [1.807, 2.05) is 13.8 Å². The van der Waals surface area contributed by atoms with Crippen LogP contribution in [0.4, 0.5) is 0 Å². The summed E-state index contributed by atoms with van der Waals surface area (Å²) < 4.78 is 18.2. The highest BCUT2D eigenvalue weighted by molar-refractivity contribution is 6.01. The molecule has 6 fully saturated rings. The fraction of sp³-hybridized carbons (Fsp3) is 0.815. The van der Waals surface area contributed by atoms with Crippen LogP contribution in [-0.2, 0) is 52.8 Å². The summed E-state index contributed by atoms with van der Waals surface area (Å²) in [5.41, 5.74) is -0.748. The zero-order valence-corrected chi connectivity index (χ0v) is 23.2. The van der Waals surface area contributed by atoms with Crippen molar-refractivity contribution in [1.82, 2.24) is 10.4 Å². The van der Waals surface area contributed by atoms with Gasteiger partial charge in [-0.15, -0.1) is 5.06 Å². The molecule has 0 radical (unpaired) electrons. The second kappa shape index (κ2) is 11.3.